The number of nitro groups is 1. The topological polar surface area (TPSA) is 92.6 Å². The van der Waals surface area contributed by atoms with Crippen molar-refractivity contribution >= 4 is 23.2 Å². The number of amides is 2. The zero-order valence-electron chi connectivity index (χ0n) is 11.3. The first-order valence-electron chi connectivity index (χ1n) is 6.22. The van der Waals surface area contributed by atoms with Gasteiger partial charge in [-0.3, -0.25) is 24.6 Å². The molecule has 1 heterocycles. The van der Waals surface area contributed by atoms with E-state index in [4.69, 9.17) is 0 Å². The lowest BCUT2D eigenvalue weighted by molar-refractivity contribution is -0.384. The van der Waals surface area contributed by atoms with E-state index in [9.17, 15) is 19.7 Å². The molecule has 7 heteroatoms. The molecule has 1 saturated heterocycles. The Kier molecular flexibility index (Phi) is 3.69. The average molecular weight is 277 g/mol. The van der Waals surface area contributed by atoms with Gasteiger partial charge in [-0.2, -0.15) is 0 Å². The maximum absolute atomic E-state index is 12.0. The van der Waals surface area contributed by atoms with Crippen LogP contribution in [0.3, 0.4) is 0 Å². The van der Waals surface area contributed by atoms with Crippen molar-refractivity contribution < 1.29 is 14.5 Å². The van der Waals surface area contributed by atoms with Crippen molar-refractivity contribution in [1.82, 2.24) is 4.90 Å². The zero-order valence-corrected chi connectivity index (χ0v) is 11.3. The van der Waals surface area contributed by atoms with Crippen molar-refractivity contribution in [2.45, 2.75) is 25.8 Å². The first kappa shape index (κ1) is 14.0. The number of carbonyl (C=O) groups is 2. The fraction of sp³-hybridized carbons (Fsp3) is 0.385. The summed E-state index contributed by atoms with van der Waals surface area (Å²) in [5, 5.41) is 13.9. The summed E-state index contributed by atoms with van der Waals surface area (Å²) in [5.74, 6) is -0.595. The van der Waals surface area contributed by atoms with Gasteiger partial charge < -0.3 is 5.32 Å². The van der Waals surface area contributed by atoms with Crippen LogP contribution in [0.25, 0.3) is 0 Å². The zero-order chi connectivity index (χ0) is 14.9. The Hall–Kier alpha value is -2.44. The molecule has 0 aromatic heterocycles. The highest BCUT2D eigenvalue weighted by atomic mass is 16.6. The first-order valence-corrected chi connectivity index (χ1v) is 6.22. The van der Waals surface area contributed by atoms with Gasteiger partial charge in [0.15, 0.2) is 0 Å². The van der Waals surface area contributed by atoms with Crippen molar-refractivity contribution in [1.29, 1.82) is 0 Å². The number of hydrogen-bond donors (Lipinski definition) is 1. The van der Waals surface area contributed by atoms with Crippen LogP contribution in [0.4, 0.5) is 11.4 Å². The summed E-state index contributed by atoms with van der Waals surface area (Å²) in [7, 11) is 1.42. The number of imide groups is 1. The van der Waals surface area contributed by atoms with E-state index in [1.807, 2.05) is 0 Å². The Morgan fingerprint density at radius 3 is 2.75 bits per heavy atom. The van der Waals surface area contributed by atoms with E-state index < -0.39 is 11.0 Å². The predicted octanol–water partition coefficient (Wildman–Crippen LogP) is 1.46. The van der Waals surface area contributed by atoms with Gasteiger partial charge in [0, 0.05) is 19.5 Å². The number of anilines is 1. The minimum Gasteiger partial charge on any atom is -0.368 e. The molecular weight excluding hydrogens is 262 g/mol. The Morgan fingerprint density at radius 1 is 1.40 bits per heavy atom. The molecule has 1 N–H and O–H groups in total. The van der Waals surface area contributed by atoms with E-state index in [2.05, 4.69) is 5.32 Å². The minimum absolute atomic E-state index is 0.0719. The number of carbonyl (C=O) groups excluding carboxylic acids is 2. The normalized spacial score (nSPS) is 19.1. The molecule has 1 unspecified atom stereocenters. The summed E-state index contributed by atoms with van der Waals surface area (Å²) >= 11 is 0. The molecular formula is C13H15N3O4. The second-order valence-corrected chi connectivity index (χ2v) is 4.80. The highest BCUT2D eigenvalue weighted by Gasteiger charge is 2.32. The van der Waals surface area contributed by atoms with Gasteiger partial charge in [-0.1, -0.05) is 6.07 Å². The second-order valence-electron chi connectivity index (χ2n) is 4.80. The molecule has 0 radical (unpaired) electrons. The molecule has 0 spiro atoms. The Bertz CT molecular complexity index is 585. The summed E-state index contributed by atoms with van der Waals surface area (Å²) in [6.45, 7) is 1.76. The highest BCUT2D eigenvalue weighted by molar-refractivity contribution is 6.01. The number of hydrogen-bond acceptors (Lipinski definition) is 5. The quantitative estimate of drug-likeness (QED) is 0.513. The van der Waals surface area contributed by atoms with E-state index in [-0.39, 0.29) is 23.9 Å². The Labute approximate surface area is 115 Å². The lowest BCUT2D eigenvalue weighted by Gasteiger charge is -2.28. The van der Waals surface area contributed by atoms with Crippen molar-refractivity contribution in [3.63, 3.8) is 0 Å². The molecule has 106 valence electrons. The molecule has 0 bridgehead atoms. The number of aryl methyl sites for hydroxylation is 1. The van der Waals surface area contributed by atoms with Crippen LogP contribution in [-0.2, 0) is 9.59 Å². The number of nitro benzene ring substituents is 1. The van der Waals surface area contributed by atoms with Gasteiger partial charge in [0.2, 0.25) is 5.91 Å². The third kappa shape index (κ3) is 2.61. The molecule has 1 aromatic carbocycles. The molecule has 1 aliphatic heterocycles. The van der Waals surface area contributed by atoms with Crippen LogP contribution in [-0.4, -0.2) is 34.7 Å². The SMILES string of the molecule is Cc1ccc(NC2CCC(=O)N(C)C2=O)c([N+](=O)[O-])c1. The number of rotatable bonds is 3. The van der Waals surface area contributed by atoms with Gasteiger partial charge in [0.1, 0.15) is 11.7 Å². The van der Waals surface area contributed by atoms with Gasteiger partial charge in [-0.05, 0) is 25.0 Å². The van der Waals surface area contributed by atoms with Crippen LogP contribution >= 0.6 is 0 Å². The molecule has 7 nitrogen and oxygen atoms in total. The third-order valence-electron chi connectivity index (χ3n) is 3.33. The summed E-state index contributed by atoms with van der Waals surface area (Å²) in [4.78, 5) is 35.0. The predicted molar refractivity (Wildman–Crippen MR) is 72.3 cm³/mol. The van der Waals surface area contributed by atoms with Crippen LogP contribution in [0.15, 0.2) is 18.2 Å². The first-order chi connectivity index (χ1) is 9.40. The number of nitrogens with zero attached hydrogens (tertiary/aromatic N) is 2. The van der Waals surface area contributed by atoms with Crippen molar-refractivity contribution in [2.24, 2.45) is 0 Å². The fourth-order valence-electron chi connectivity index (χ4n) is 2.15. The van der Waals surface area contributed by atoms with Crippen molar-refractivity contribution in [3.05, 3.63) is 33.9 Å². The molecule has 2 amide bonds. The average Bonchev–Trinajstić information content (AvgIpc) is 2.41. The number of likely N-dealkylation sites (N-methyl/N-ethyl adjacent to an activating group) is 1. The second kappa shape index (κ2) is 5.28. The largest absolute Gasteiger partial charge is 0.368 e. The van der Waals surface area contributed by atoms with Crippen LogP contribution in [0.5, 0.6) is 0 Å². The molecule has 2 rings (SSSR count). The number of benzene rings is 1. The van der Waals surface area contributed by atoms with Gasteiger partial charge in [-0.25, -0.2) is 0 Å². The van der Waals surface area contributed by atoms with Gasteiger partial charge in [-0.15, -0.1) is 0 Å². The van der Waals surface area contributed by atoms with Crippen LogP contribution < -0.4 is 5.32 Å². The van der Waals surface area contributed by atoms with E-state index in [1.165, 1.54) is 13.1 Å². The maximum Gasteiger partial charge on any atom is 0.292 e. The van der Waals surface area contributed by atoms with Gasteiger partial charge in [0.05, 0.1) is 4.92 Å². The highest BCUT2D eigenvalue weighted by Crippen LogP contribution is 2.27. The monoisotopic (exact) mass is 277 g/mol. The summed E-state index contributed by atoms with van der Waals surface area (Å²) in [5.41, 5.74) is 0.989. The van der Waals surface area contributed by atoms with Crippen LogP contribution in [0.2, 0.25) is 0 Å². The third-order valence-corrected chi connectivity index (χ3v) is 3.33. The lowest BCUT2D eigenvalue weighted by Crippen LogP contribution is -2.48. The van der Waals surface area contributed by atoms with Gasteiger partial charge in [0.25, 0.3) is 11.6 Å². The molecule has 1 aliphatic rings. The van der Waals surface area contributed by atoms with E-state index in [0.29, 0.717) is 12.1 Å². The van der Waals surface area contributed by atoms with Crippen LogP contribution in [0, 0.1) is 17.0 Å². The van der Waals surface area contributed by atoms with E-state index in [1.54, 1.807) is 19.1 Å². The lowest BCUT2D eigenvalue weighted by atomic mass is 10.0. The van der Waals surface area contributed by atoms with E-state index >= 15 is 0 Å². The summed E-state index contributed by atoms with van der Waals surface area (Å²) in [6.07, 6.45) is 0.590. The number of nitrogens with one attached hydrogen (secondary N) is 1. The van der Waals surface area contributed by atoms with Crippen molar-refractivity contribution in [2.75, 3.05) is 12.4 Å². The molecule has 0 saturated carbocycles. The molecule has 1 atom stereocenters. The molecule has 1 fully saturated rings. The summed E-state index contributed by atoms with van der Waals surface area (Å²) < 4.78 is 0. The number of piperidine rings is 1. The molecule has 1 aromatic rings. The van der Waals surface area contributed by atoms with Crippen molar-refractivity contribution in [3.8, 4) is 0 Å². The molecule has 20 heavy (non-hydrogen) atoms. The Balaban J connectivity index is 2.24. The minimum atomic E-state index is -0.612. The fourth-order valence-corrected chi connectivity index (χ4v) is 2.15. The maximum atomic E-state index is 12.0. The van der Waals surface area contributed by atoms with Crippen LogP contribution in [0.1, 0.15) is 18.4 Å². The Morgan fingerprint density at radius 2 is 2.10 bits per heavy atom. The standard InChI is InChI=1S/C13H15N3O4/c1-8-3-4-9(11(7-8)16(19)20)14-10-5-6-12(17)15(2)13(10)18/h3-4,7,10,14H,5-6H2,1-2H3. The summed E-state index contributed by atoms with van der Waals surface area (Å²) in [6, 6.07) is 4.15. The molecule has 0 aliphatic carbocycles. The van der Waals surface area contributed by atoms with E-state index in [0.717, 1.165) is 10.5 Å². The number of likely N-dealkylation sites (tertiary alicyclic amines) is 1. The van der Waals surface area contributed by atoms with Gasteiger partial charge >= 0.3 is 0 Å². The smallest absolute Gasteiger partial charge is 0.292 e.